The molecule has 0 spiro atoms. The Kier molecular flexibility index (Phi) is 3.72. The summed E-state index contributed by atoms with van der Waals surface area (Å²) in [5.74, 6) is 0.131. The standard InChI is InChI=1S/C11H14N2O.ClH/c1-13-10(14)7-9(12)11(13)8-5-3-2-4-6-8;/h2-6,9,11H,7,12H2,1H3;1H/t9-,11+;/m0./s1. The van der Waals surface area contributed by atoms with E-state index in [-0.39, 0.29) is 30.4 Å². The summed E-state index contributed by atoms with van der Waals surface area (Å²) in [6, 6.07) is 9.90. The zero-order chi connectivity index (χ0) is 10.1. The van der Waals surface area contributed by atoms with Gasteiger partial charge in [-0.1, -0.05) is 30.3 Å². The molecule has 0 bridgehead atoms. The lowest BCUT2D eigenvalue weighted by atomic mass is 10.0. The molecule has 1 aromatic rings. The number of benzene rings is 1. The first-order valence-corrected chi connectivity index (χ1v) is 4.76. The van der Waals surface area contributed by atoms with E-state index in [0.29, 0.717) is 6.42 Å². The third kappa shape index (κ3) is 2.13. The van der Waals surface area contributed by atoms with Gasteiger partial charge in [0.05, 0.1) is 6.04 Å². The average molecular weight is 227 g/mol. The summed E-state index contributed by atoms with van der Waals surface area (Å²) in [5.41, 5.74) is 7.05. The summed E-state index contributed by atoms with van der Waals surface area (Å²) in [4.78, 5) is 13.2. The maximum Gasteiger partial charge on any atom is 0.224 e. The van der Waals surface area contributed by atoms with Gasteiger partial charge in [0.1, 0.15) is 0 Å². The van der Waals surface area contributed by atoms with E-state index >= 15 is 0 Å². The van der Waals surface area contributed by atoms with Crippen molar-refractivity contribution in [1.29, 1.82) is 0 Å². The first-order valence-electron chi connectivity index (χ1n) is 4.76. The number of rotatable bonds is 1. The Morgan fingerprint density at radius 3 is 2.40 bits per heavy atom. The van der Waals surface area contributed by atoms with Crippen LogP contribution in [0.2, 0.25) is 0 Å². The normalized spacial score (nSPS) is 25.2. The molecule has 3 nitrogen and oxygen atoms in total. The molecule has 0 aliphatic carbocycles. The second-order valence-corrected chi connectivity index (χ2v) is 3.73. The Hall–Kier alpha value is -1.06. The van der Waals surface area contributed by atoms with Crippen molar-refractivity contribution in [3.63, 3.8) is 0 Å². The molecule has 4 heteroatoms. The monoisotopic (exact) mass is 226 g/mol. The molecule has 1 aliphatic heterocycles. The number of nitrogens with two attached hydrogens (primary N) is 1. The number of amides is 1. The van der Waals surface area contributed by atoms with Crippen LogP contribution in [0, 0.1) is 0 Å². The van der Waals surface area contributed by atoms with Crippen LogP contribution in [-0.4, -0.2) is 23.9 Å². The third-order valence-corrected chi connectivity index (χ3v) is 2.77. The number of hydrogen-bond donors (Lipinski definition) is 1. The number of likely N-dealkylation sites (N-methyl/N-ethyl adjacent to an activating group) is 1. The maximum absolute atomic E-state index is 11.4. The minimum absolute atomic E-state index is 0. The lowest BCUT2D eigenvalue weighted by Gasteiger charge is -2.23. The van der Waals surface area contributed by atoms with Crippen LogP contribution in [-0.2, 0) is 4.79 Å². The van der Waals surface area contributed by atoms with E-state index in [9.17, 15) is 4.79 Å². The smallest absolute Gasteiger partial charge is 0.224 e. The van der Waals surface area contributed by atoms with E-state index < -0.39 is 0 Å². The Bertz CT molecular complexity index is 342. The van der Waals surface area contributed by atoms with Gasteiger partial charge >= 0.3 is 0 Å². The van der Waals surface area contributed by atoms with Gasteiger partial charge in [-0.15, -0.1) is 12.4 Å². The zero-order valence-electron chi connectivity index (χ0n) is 8.59. The van der Waals surface area contributed by atoms with Crippen LogP contribution in [0.3, 0.4) is 0 Å². The van der Waals surface area contributed by atoms with Crippen LogP contribution in [0.1, 0.15) is 18.0 Å². The van der Waals surface area contributed by atoms with E-state index in [1.165, 1.54) is 0 Å². The predicted octanol–water partition coefficient (Wildman–Crippen LogP) is 1.34. The highest BCUT2D eigenvalue weighted by Gasteiger charge is 2.35. The molecule has 1 heterocycles. The molecule has 82 valence electrons. The van der Waals surface area contributed by atoms with E-state index in [1.54, 1.807) is 4.90 Å². The van der Waals surface area contributed by atoms with Crippen LogP contribution in [0.5, 0.6) is 0 Å². The average Bonchev–Trinajstić information content (AvgIpc) is 2.43. The van der Waals surface area contributed by atoms with Gasteiger partial charge in [-0.2, -0.15) is 0 Å². The Labute approximate surface area is 95.7 Å². The van der Waals surface area contributed by atoms with Crippen LogP contribution < -0.4 is 5.73 Å². The fourth-order valence-corrected chi connectivity index (χ4v) is 2.02. The second kappa shape index (κ2) is 4.64. The lowest BCUT2D eigenvalue weighted by molar-refractivity contribution is -0.127. The highest BCUT2D eigenvalue weighted by Crippen LogP contribution is 2.29. The largest absolute Gasteiger partial charge is 0.337 e. The molecule has 2 N–H and O–H groups in total. The summed E-state index contributed by atoms with van der Waals surface area (Å²) < 4.78 is 0. The number of halogens is 1. The van der Waals surface area contributed by atoms with Crippen molar-refractivity contribution in [2.24, 2.45) is 5.73 Å². The summed E-state index contributed by atoms with van der Waals surface area (Å²) in [6.07, 6.45) is 0.454. The molecule has 1 amide bonds. The molecule has 2 rings (SSSR count). The SMILES string of the molecule is CN1C(=O)C[C@H](N)[C@H]1c1ccccc1.Cl. The van der Waals surface area contributed by atoms with Gasteiger partial charge in [-0.05, 0) is 5.56 Å². The molecular weight excluding hydrogens is 212 g/mol. The van der Waals surface area contributed by atoms with Gasteiger partial charge in [-0.3, -0.25) is 4.79 Å². The second-order valence-electron chi connectivity index (χ2n) is 3.73. The fourth-order valence-electron chi connectivity index (χ4n) is 2.02. The van der Waals surface area contributed by atoms with Crippen molar-refractivity contribution >= 4 is 18.3 Å². The van der Waals surface area contributed by atoms with Gasteiger partial charge in [0.2, 0.25) is 5.91 Å². The van der Waals surface area contributed by atoms with E-state index in [2.05, 4.69) is 0 Å². The first kappa shape index (κ1) is 12.0. The highest BCUT2D eigenvalue weighted by molar-refractivity contribution is 5.85. The van der Waals surface area contributed by atoms with Crippen molar-refractivity contribution < 1.29 is 4.79 Å². The van der Waals surface area contributed by atoms with Crippen molar-refractivity contribution in [3.8, 4) is 0 Å². The zero-order valence-corrected chi connectivity index (χ0v) is 9.41. The van der Waals surface area contributed by atoms with Gasteiger partial charge in [0, 0.05) is 19.5 Å². The highest BCUT2D eigenvalue weighted by atomic mass is 35.5. The number of carbonyl (C=O) groups excluding carboxylic acids is 1. The van der Waals surface area contributed by atoms with E-state index in [4.69, 9.17) is 5.73 Å². The number of hydrogen-bond acceptors (Lipinski definition) is 2. The molecular formula is C11H15ClN2O. The van der Waals surface area contributed by atoms with Crippen molar-refractivity contribution in [3.05, 3.63) is 35.9 Å². The van der Waals surface area contributed by atoms with Gasteiger partial charge in [0.25, 0.3) is 0 Å². The molecule has 0 unspecified atom stereocenters. The van der Waals surface area contributed by atoms with Crippen LogP contribution in [0.15, 0.2) is 30.3 Å². The quantitative estimate of drug-likeness (QED) is 0.786. The Morgan fingerprint density at radius 1 is 1.33 bits per heavy atom. The van der Waals surface area contributed by atoms with Crippen LogP contribution in [0.25, 0.3) is 0 Å². The van der Waals surface area contributed by atoms with Crippen molar-refractivity contribution in [2.75, 3.05) is 7.05 Å². The molecule has 0 saturated carbocycles. The lowest BCUT2D eigenvalue weighted by Crippen LogP contribution is -2.30. The third-order valence-electron chi connectivity index (χ3n) is 2.77. The Balaban J connectivity index is 0.00000112. The molecule has 0 radical (unpaired) electrons. The molecule has 1 saturated heterocycles. The van der Waals surface area contributed by atoms with Crippen LogP contribution >= 0.6 is 12.4 Å². The van der Waals surface area contributed by atoms with Gasteiger partial charge < -0.3 is 10.6 Å². The molecule has 0 aromatic heterocycles. The van der Waals surface area contributed by atoms with Gasteiger partial charge in [-0.25, -0.2) is 0 Å². The number of nitrogens with zero attached hydrogens (tertiary/aromatic N) is 1. The summed E-state index contributed by atoms with van der Waals surface area (Å²) in [6.45, 7) is 0. The molecule has 2 atom stereocenters. The topological polar surface area (TPSA) is 46.3 Å². The molecule has 15 heavy (non-hydrogen) atoms. The number of likely N-dealkylation sites (tertiary alicyclic amines) is 1. The molecule has 1 fully saturated rings. The minimum Gasteiger partial charge on any atom is -0.337 e. The number of carbonyl (C=O) groups is 1. The van der Waals surface area contributed by atoms with Crippen molar-refractivity contribution in [1.82, 2.24) is 4.90 Å². The molecule has 1 aromatic carbocycles. The summed E-state index contributed by atoms with van der Waals surface area (Å²) in [7, 11) is 1.81. The first-order chi connectivity index (χ1) is 6.70. The molecule has 1 aliphatic rings. The van der Waals surface area contributed by atoms with Crippen LogP contribution in [0.4, 0.5) is 0 Å². The predicted molar refractivity (Wildman–Crippen MR) is 61.8 cm³/mol. The van der Waals surface area contributed by atoms with Gasteiger partial charge in [0.15, 0.2) is 0 Å². The minimum atomic E-state index is -0.0742. The van der Waals surface area contributed by atoms with E-state index in [1.807, 2.05) is 37.4 Å². The Morgan fingerprint density at radius 2 is 1.93 bits per heavy atom. The maximum atomic E-state index is 11.4. The fraction of sp³-hybridized carbons (Fsp3) is 0.364. The van der Waals surface area contributed by atoms with Crippen molar-refractivity contribution in [2.45, 2.75) is 18.5 Å². The van der Waals surface area contributed by atoms with E-state index in [0.717, 1.165) is 5.56 Å². The summed E-state index contributed by atoms with van der Waals surface area (Å²) in [5, 5.41) is 0. The summed E-state index contributed by atoms with van der Waals surface area (Å²) >= 11 is 0.